The first-order chi connectivity index (χ1) is 12.4. The summed E-state index contributed by atoms with van der Waals surface area (Å²) in [6.45, 7) is 6.93. The fourth-order valence-electron chi connectivity index (χ4n) is 3.23. The first-order valence-electron chi connectivity index (χ1n) is 8.95. The van der Waals surface area contributed by atoms with Crippen LogP contribution in [0.2, 0.25) is 5.02 Å². The number of carbonyl (C=O) groups is 1. The summed E-state index contributed by atoms with van der Waals surface area (Å²) in [6, 6.07) is 2.67. The van der Waals surface area contributed by atoms with Crippen molar-refractivity contribution in [3.63, 3.8) is 0 Å². The van der Waals surface area contributed by atoms with Crippen molar-refractivity contribution in [3.05, 3.63) is 22.7 Å². The lowest BCUT2D eigenvalue weighted by molar-refractivity contribution is -0.115. The Hall–Kier alpha value is -1.95. The van der Waals surface area contributed by atoms with E-state index in [9.17, 15) is 15.0 Å². The standard InChI is InChI=1S/C19H29ClN2O4/c1-5-10-19(7-3,11-6-2)12-21-18(25)16(22-26-4)13-8-9-14(23)17(24)15(13)20/h8-9,23-24H,5-7,10-12H2,1-4H3,(H,21,25)/b22-16-. The molecule has 1 aromatic rings. The molecule has 26 heavy (non-hydrogen) atoms. The maximum absolute atomic E-state index is 12.7. The molecule has 0 heterocycles. The van der Waals surface area contributed by atoms with Gasteiger partial charge in [-0.1, -0.05) is 50.4 Å². The molecule has 0 aliphatic heterocycles. The van der Waals surface area contributed by atoms with Crippen LogP contribution in [0.1, 0.15) is 58.4 Å². The number of rotatable bonds is 10. The lowest BCUT2D eigenvalue weighted by atomic mass is 9.77. The second kappa shape index (κ2) is 10.3. The van der Waals surface area contributed by atoms with Gasteiger partial charge in [-0.25, -0.2) is 0 Å². The van der Waals surface area contributed by atoms with Gasteiger partial charge in [0.15, 0.2) is 17.2 Å². The fraction of sp³-hybridized carbons (Fsp3) is 0.579. The Bertz CT molecular complexity index is 641. The molecule has 0 aliphatic rings. The highest BCUT2D eigenvalue weighted by Crippen LogP contribution is 2.36. The molecule has 7 heteroatoms. The maximum Gasteiger partial charge on any atom is 0.274 e. The van der Waals surface area contributed by atoms with Crippen LogP contribution in [0.4, 0.5) is 0 Å². The number of phenolic OH excluding ortho intramolecular Hbond substituents is 2. The predicted octanol–water partition coefficient (Wildman–Crippen LogP) is 4.21. The van der Waals surface area contributed by atoms with E-state index in [0.29, 0.717) is 6.54 Å². The van der Waals surface area contributed by atoms with Crippen LogP contribution in [-0.2, 0) is 9.63 Å². The quantitative estimate of drug-likeness (QED) is 0.320. The molecule has 3 N–H and O–H groups in total. The van der Waals surface area contributed by atoms with E-state index in [1.165, 1.54) is 19.2 Å². The van der Waals surface area contributed by atoms with Crippen molar-refractivity contribution in [3.8, 4) is 11.5 Å². The summed E-state index contributed by atoms with van der Waals surface area (Å²) in [6.07, 6.45) is 5.09. The molecule has 146 valence electrons. The lowest BCUT2D eigenvalue weighted by Crippen LogP contribution is -2.40. The number of hydrogen-bond donors (Lipinski definition) is 3. The maximum atomic E-state index is 12.7. The monoisotopic (exact) mass is 384 g/mol. The number of halogens is 1. The number of nitrogens with zero attached hydrogens (tertiary/aromatic N) is 1. The number of oxime groups is 1. The molecule has 0 saturated heterocycles. The predicted molar refractivity (Wildman–Crippen MR) is 104 cm³/mol. The van der Waals surface area contributed by atoms with Crippen molar-refractivity contribution >= 4 is 23.2 Å². The fourth-order valence-corrected chi connectivity index (χ4v) is 3.48. The number of aromatic hydroxyl groups is 2. The minimum atomic E-state index is -0.499. The van der Waals surface area contributed by atoms with Crippen LogP contribution in [0.25, 0.3) is 0 Å². The number of phenols is 2. The Morgan fingerprint density at radius 2 is 1.85 bits per heavy atom. The third-order valence-corrected chi connectivity index (χ3v) is 5.06. The molecule has 0 fully saturated rings. The third kappa shape index (κ3) is 5.27. The van der Waals surface area contributed by atoms with E-state index in [1.54, 1.807) is 0 Å². The van der Waals surface area contributed by atoms with E-state index in [0.717, 1.165) is 32.1 Å². The van der Waals surface area contributed by atoms with Gasteiger partial charge in [0, 0.05) is 12.1 Å². The number of amides is 1. The zero-order chi connectivity index (χ0) is 19.7. The second-order valence-corrected chi connectivity index (χ2v) is 6.83. The molecule has 1 rings (SSSR count). The third-order valence-electron chi connectivity index (χ3n) is 4.68. The normalized spacial score (nSPS) is 12.1. The van der Waals surface area contributed by atoms with E-state index in [2.05, 4.69) is 31.2 Å². The Labute approximate surface area is 160 Å². The molecular weight excluding hydrogens is 356 g/mol. The minimum Gasteiger partial charge on any atom is -0.504 e. The van der Waals surface area contributed by atoms with Gasteiger partial charge in [0.2, 0.25) is 0 Å². The topological polar surface area (TPSA) is 91.2 Å². The molecule has 0 radical (unpaired) electrons. The minimum absolute atomic E-state index is 0.0399. The van der Waals surface area contributed by atoms with Crippen molar-refractivity contribution in [2.24, 2.45) is 10.6 Å². The number of benzene rings is 1. The SMILES string of the molecule is CCCC(CC)(CCC)CNC(=O)/C(=N\OC)c1ccc(O)c(O)c1Cl. The molecule has 1 amide bonds. The zero-order valence-electron chi connectivity index (χ0n) is 15.9. The summed E-state index contributed by atoms with van der Waals surface area (Å²) >= 11 is 6.06. The van der Waals surface area contributed by atoms with Crippen molar-refractivity contribution < 1.29 is 19.8 Å². The van der Waals surface area contributed by atoms with Crippen LogP contribution in [0.3, 0.4) is 0 Å². The molecule has 0 aliphatic carbocycles. The summed E-state index contributed by atoms with van der Waals surface area (Å²) < 4.78 is 0. The van der Waals surface area contributed by atoms with Crippen molar-refractivity contribution in [2.45, 2.75) is 52.9 Å². The van der Waals surface area contributed by atoms with Gasteiger partial charge in [0.1, 0.15) is 7.11 Å². The van der Waals surface area contributed by atoms with Crippen molar-refractivity contribution in [2.75, 3.05) is 13.7 Å². The molecule has 0 unspecified atom stereocenters. The molecule has 0 saturated carbocycles. The van der Waals surface area contributed by atoms with Gasteiger partial charge >= 0.3 is 0 Å². The summed E-state index contributed by atoms with van der Waals surface area (Å²) in [7, 11) is 1.33. The highest BCUT2D eigenvalue weighted by Gasteiger charge is 2.29. The molecule has 6 nitrogen and oxygen atoms in total. The summed E-state index contributed by atoms with van der Waals surface area (Å²) in [5.74, 6) is -1.31. The van der Waals surface area contributed by atoms with E-state index in [1.807, 2.05) is 0 Å². The van der Waals surface area contributed by atoms with E-state index < -0.39 is 11.7 Å². The molecule has 0 bridgehead atoms. The van der Waals surface area contributed by atoms with Gasteiger partial charge in [-0.15, -0.1) is 0 Å². The summed E-state index contributed by atoms with van der Waals surface area (Å²) in [5, 5.41) is 25.9. The first kappa shape index (κ1) is 22.1. The summed E-state index contributed by atoms with van der Waals surface area (Å²) in [5.41, 5.74) is 0.179. The summed E-state index contributed by atoms with van der Waals surface area (Å²) in [4.78, 5) is 17.5. The highest BCUT2D eigenvalue weighted by molar-refractivity contribution is 6.49. The van der Waals surface area contributed by atoms with Gasteiger partial charge in [0.05, 0.1) is 5.02 Å². The van der Waals surface area contributed by atoms with Crippen LogP contribution in [0.5, 0.6) is 11.5 Å². The van der Waals surface area contributed by atoms with Gasteiger partial charge < -0.3 is 20.4 Å². The van der Waals surface area contributed by atoms with Crippen LogP contribution in [-0.4, -0.2) is 35.5 Å². The second-order valence-electron chi connectivity index (χ2n) is 6.45. The van der Waals surface area contributed by atoms with Crippen molar-refractivity contribution in [1.82, 2.24) is 5.32 Å². The molecule has 1 aromatic carbocycles. The molecule has 0 atom stereocenters. The highest BCUT2D eigenvalue weighted by atomic mass is 35.5. The van der Waals surface area contributed by atoms with Crippen molar-refractivity contribution in [1.29, 1.82) is 0 Å². The van der Waals surface area contributed by atoms with Crippen LogP contribution in [0, 0.1) is 5.41 Å². The van der Waals surface area contributed by atoms with E-state index >= 15 is 0 Å². The smallest absolute Gasteiger partial charge is 0.274 e. The van der Waals surface area contributed by atoms with Gasteiger partial charge in [0.25, 0.3) is 5.91 Å². The Morgan fingerprint density at radius 1 is 1.23 bits per heavy atom. The lowest BCUT2D eigenvalue weighted by Gasteiger charge is -2.32. The molecular formula is C19H29ClN2O4. The van der Waals surface area contributed by atoms with Crippen LogP contribution >= 0.6 is 11.6 Å². The van der Waals surface area contributed by atoms with Crippen LogP contribution < -0.4 is 5.32 Å². The number of hydrogen-bond acceptors (Lipinski definition) is 5. The van der Waals surface area contributed by atoms with Gasteiger partial charge in [-0.05, 0) is 36.8 Å². The van der Waals surface area contributed by atoms with Gasteiger partial charge in [-0.3, -0.25) is 4.79 Å². The zero-order valence-corrected chi connectivity index (χ0v) is 16.7. The van der Waals surface area contributed by atoms with Gasteiger partial charge in [-0.2, -0.15) is 0 Å². The number of carbonyl (C=O) groups excluding carboxylic acids is 1. The average Bonchev–Trinajstić information content (AvgIpc) is 2.63. The van der Waals surface area contributed by atoms with E-state index in [-0.39, 0.29) is 27.5 Å². The van der Waals surface area contributed by atoms with Crippen LogP contribution in [0.15, 0.2) is 17.3 Å². The average molecular weight is 385 g/mol. The Kier molecular flexibility index (Phi) is 8.72. The van der Waals surface area contributed by atoms with E-state index in [4.69, 9.17) is 16.4 Å². The number of nitrogens with one attached hydrogen (secondary N) is 1. The first-order valence-corrected chi connectivity index (χ1v) is 9.33. The Morgan fingerprint density at radius 3 is 2.35 bits per heavy atom. The largest absolute Gasteiger partial charge is 0.504 e. The Balaban J connectivity index is 3.07. The molecule has 0 aromatic heterocycles. The molecule has 0 spiro atoms.